The highest BCUT2D eigenvalue weighted by atomic mass is 16.4. The van der Waals surface area contributed by atoms with Gasteiger partial charge < -0.3 is 5.11 Å². The molecule has 0 fully saturated rings. The summed E-state index contributed by atoms with van der Waals surface area (Å²) < 4.78 is 0. The Morgan fingerprint density at radius 1 is 0.529 bits per heavy atom. The van der Waals surface area contributed by atoms with E-state index in [-0.39, 0.29) is 11.1 Å². The second kappa shape index (κ2) is 10.5. The van der Waals surface area contributed by atoms with Crippen LogP contribution in [0.4, 0.5) is 11.4 Å². The molecule has 7 aromatic rings. The third kappa shape index (κ3) is 3.81. The molecule has 8 heteroatoms. The first kappa shape index (κ1) is 30.6. The largest absolute Gasteiger partial charge is 0.478 e. The van der Waals surface area contributed by atoms with Gasteiger partial charge >= 0.3 is 5.97 Å². The summed E-state index contributed by atoms with van der Waals surface area (Å²) in [7, 11) is 0. The first-order chi connectivity index (χ1) is 24.6. The van der Waals surface area contributed by atoms with E-state index in [1.807, 2.05) is 70.2 Å². The summed E-state index contributed by atoms with van der Waals surface area (Å²) in [6.07, 6.45) is 1.22. The number of fused-ring (bicyclic) bond motifs is 2. The van der Waals surface area contributed by atoms with Crippen molar-refractivity contribution in [2.45, 2.75) is 40.5 Å². The van der Waals surface area contributed by atoms with Gasteiger partial charge in [-0.2, -0.15) is 0 Å². The number of carbonyl (C=O) groups is 5. The van der Waals surface area contributed by atoms with Gasteiger partial charge in [-0.05, 0) is 100 Å². The molecule has 0 saturated heterocycles. The molecule has 2 heterocycles. The fourth-order valence-electron chi connectivity index (χ4n) is 8.59. The molecule has 2 aliphatic heterocycles. The van der Waals surface area contributed by atoms with Crippen molar-refractivity contribution in [2.75, 3.05) is 9.80 Å². The Morgan fingerprint density at radius 3 is 1.43 bits per heavy atom. The number of carboxylic acids is 1. The second-order valence-electron chi connectivity index (χ2n) is 13.4. The quantitative estimate of drug-likeness (QED) is 0.111. The zero-order valence-corrected chi connectivity index (χ0v) is 28.3. The third-order valence-corrected chi connectivity index (χ3v) is 10.8. The predicted molar refractivity (Wildman–Crippen MR) is 198 cm³/mol. The zero-order chi connectivity index (χ0) is 35.6. The van der Waals surface area contributed by atoms with Gasteiger partial charge in [-0.25, -0.2) is 14.6 Å². The standard InChI is InChI=1S/C43H30N2O6/c1-5-22-11-7-9-20(3)37(22)44-39(46)27-16-13-24-25-14-17-29-35-30(42(49)45(41(29)48)38-21(4)10-8-12-23(38)6-2)19-31(43(50)51)33(36(25)35)26-15-18-28(40(44)47)34(27)32(24)26/h7-19H,5-6H2,1-4H3,(H,50,51). The van der Waals surface area contributed by atoms with Crippen molar-refractivity contribution in [1.29, 1.82) is 0 Å². The molecule has 2 aliphatic rings. The monoisotopic (exact) mass is 670 g/mol. The Labute approximate surface area is 291 Å². The molecule has 51 heavy (non-hydrogen) atoms. The third-order valence-electron chi connectivity index (χ3n) is 10.8. The summed E-state index contributed by atoms with van der Waals surface area (Å²) in [5.74, 6) is -3.21. The SMILES string of the molecule is CCc1cccc(C)c1N1C(=O)c2ccc3c4ccc5c6c(cc(C(=O)O)c(c7ccc(c2c37)C1=O)c64)C(=O)N(c1c(C)cccc1CC)C5=O. The minimum Gasteiger partial charge on any atom is -0.478 e. The predicted octanol–water partition coefficient (Wildman–Crippen LogP) is 8.78. The van der Waals surface area contributed by atoms with Crippen molar-refractivity contribution in [3.05, 3.63) is 129 Å². The molecule has 0 aromatic heterocycles. The summed E-state index contributed by atoms with van der Waals surface area (Å²) in [6, 6.07) is 23.1. The number of aromatic carboxylic acids is 1. The van der Waals surface area contributed by atoms with Gasteiger partial charge in [0.15, 0.2) is 0 Å². The van der Waals surface area contributed by atoms with Crippen LogP contribution in [-0.4, -0.2) is 34.7 Å². The van der Waals surface area contributed by atoms with Crippen LogP contribution in [0.15, 0.2) is 78.9 Å². The zero-order valence-electron chi connectivity index (χ0n) is 28.3. The summed E-state index contributed by atoms with van der Waals surface area (Å²) in [4.78, 5) is 73.0. The molecular weight excluding hydrogens is 640 g/mol. The smallest absolute Gasteiger partial charge is 0.336 e. The average molecular weight is 671 g/mol. The van der Waals surface area contributed by atoms with E-state index in [1.165, 1.54) is 15.9 Å². The lowest BCUT2D eigenvalue weighted by atomic mass is 9.80. The van der Waals surface area contributed by atoms with Gasteiger partial charge in [0.05, 0.1) is 16.9 Å². The summed E-state index contributed by atoms with van der Waals surface area (Å²) in [5, 5.41) is 14.8. The normalized spacial score (nSPS) is 14.3. The maximum Gasteiger partial charge on any atom is 0.336 e. The van der Waals surface area contributed by atoms with E-state index < -0.39 is 29.6 Å². The van der Waals surface area contributed by atoms with Gasteiger partial charge in [-0.1, -0.05) is 68.4 Å². The Bertz CT molecular complexity index is 2790. The van der Waals surface area contributed by atoms with Crippen LogP contribution in [0.25, 0.3) is 43.1 Å². The maximum atomic E-state index is 14.4. The summed E-state index contributed by atoms with van der Waals surface area (Å²) in [5.41, 5.74) is 5.36. The molecule has 0 bridgehead atoms. The topological polar surface area (TPSA) is 112 Å². The molecule has 0 unspecified atom stereocenters. The number of hydrogen-bond donors (Lipinski definition) is 1. The van der Waals surface area contributed by atoms with Gasteiger partial charge in [0.2, 0.25) is 0 Å². The highest BCUT2D eigenvalue weighted by Gasteiger charge is 2.40. The van der Waals surface area contributed by atoms with Gasteiger partial charge in [0.1, 0.15) is 0 Å². The highest BCUT2D eigenvalue weighted by molar-refractivity contribution is 6.46. The average Bonchev–Trinajstić information content (AvgIpc) is 3.13. The molecule has 0 atom stereocenters. The molecule has 9 rings (SSSR count). The molecule has 8 nitrogen and oxygen atoms in total. The minimum absolute atomic E-state index is 0.104. The van der Waals surface area contributed by atoms with Gasteiger partial charge in [-0.3, -0.25) is 19.2 Å². The first-order valence-corrected chi connectivity index (χ1v) is 17.0. The lowest BCUT2D eigenvalue weighted by Crippen LogP contribution is -2.41. The molecule has 0 saturated carbocycles. The van der Waals surface area contributed by atoms with E-state index in [2.05, 4.69) is 0 Å². The number of hydrogen-bond acceptors (Lipinski definition) is 5. The lowest BCUT2D eigenvalue weighted by Gasteiger charge is -2.32. The maximum absolute atomic E-state index is 14.4. The van der Waals surface area contributed by atoms with Crippen LogP contribution in [0, 0.1) is 13.8 Å². The van der Waals surface area contributed by atoms with Gasteiger partial charge in [-0.15, -0.1) is 0 Å². The number of aryl methyl sites for hydroxylation is 4. The fourth-order valence-corrected chi connectivity index (χ4v) is 8.59. The van der Waals surface area contributed by atoms with E-state index in [0.717, 1.165) is 22.3 Å². The Kier molecular flexibility index (Phi) is 6.33. The van der Waals surface area contributed by atoms with E-state index in [9.17, 15) is 29.1 Å². The highest BCUT2D eigenvalue weighted by Crippen LogP contribution is 2.48. The Hall–Kier alpha value is -6.41. The number of nitrogens with zero attached hydrogens (tertiary/aromatic N) is 2. The number of para-hydroxylation sites is 2. The van der Waals surface area contributed by atoms with Crippen molar-refractivity contribution in [2.24, 2.45) is 0 Å². The first-order valence-electron chi connectivity index (χ1n) is 17.0. The number of anilines is 2. The van der Waals surface area contributed by atoms with Gasteiger partial charge in [0, 0.05) is 38.4 Å². The molecule has 0 spiro atoms. The second-order valence-corrected chi connectivity index (χ2v) is 13.4. The molecule has 7 aromatic carbocycles. The minimum atomic E-state index is -1.24. The van der Waals surface area contributed by atoms with Gasteiger partial charge in [0.25, 0.3) is 23.6 Å². The van der Waals surface area contributed by atoms with Crippen molar-refractivity contribution in [1.82, 2.24) is 0 Å². The van der Waals surface area contributed by atoms with Crippen molar-refractivity contribution in [3.8, 4) is 0 Å². The molecule has 0 aliphatic carbocycles. The number of rotatable bonds is 5. The number of benzene rings is 7. The molecule has 1 N–H and O–H groups in total. The van der Waals surface area contributed by atoms with Crippen LogP contribution >= 0.6 is 0 Å². The number of carboxylic acid groups (broad SMARTS) is 1. The molecule has 0 radical (unpaired) electrons. The Morgan fingerprint density at radius 2 is 0.961 bits per heavy atom. The van der Waals surface area contributed by atoms with Crippen LogP contribution in [0.2, 0.25) is 0 Å². The van der Waals surface area contributed by atoms with Crippen molar-refractivity contribution >= 4 is 84.1 Å². The van der Waals surface area contributed by atoms with Crippen LogP contribution < -0.4 is 9.80 Å². The van der Waals surface area contributed by atoms with Crippen molar-refractivity contribution in [3.63, 3.8) is 0 Å². The van der Waals surface area contributed by atoms with Crippen LogP contribution in [0.5, 0.6) is 0 Å². The number of imide groups is 2. The number of amides is 4. The van der Waals surface area contributed by atoms with Crippen molar-refractivity contribution < 1.29 is 29.1 Å². The van der Waals surface area contributed by atoms with E-state index >= 15 is 0 Å². The van der Waals surface area contributed by atoms with Crippen LogP contribution in [0.3, 0.4) is 0 Å². The molecule has 4 amide bonds. The fraction of sp³-hybridized carbons (Fsp3) is 0.140. The van der Waals surface area contributed by atoms with E-state index in [0.29, 0.717) is 84.0 Å². The summed E-state index contributed by atoms with van der Waals surface area (Å²) >= 11 is 0. The van der Waals surface area contributed by atoms with E-state index in [1.54, 1.807) is 30.3 Å². The van der Waals surface area contributed by atoms with E-state index in [4.69, 9.17) is 0 Å². The lowest BCUT2D eigenvalue weighted by molar-refractivity contribution is 0.0698. The molecule has 248 valence electrons. The summed E-state index contributed by atoms with van der Waals surface area (Å²) in [6.45, 7) is 7.66. The van der Waals surface area contributed by atoms with Crippen LogP contribution in [0.1, 0.15) is 87.9 Å². The van der Waals surface area contributed by atoms with Crippen LogP contribution in [-0.2, 0) is 12.8 Å². The number of carbonyl (C=O) groups excluding carboxylic acids is 4. The Balaban J connectivity index is 1.36. The molecular formula is C43H30N2O6.